The van der Waals surface area contributed by atoms with Crippen LogP contribution in [0.2, 0.25) is 0 Å². The fourth-order valence-corrected chi connectivity index (χ4v) is 1.84. The maximum absolute atomic E-state index is 4.27. The minimum absolute atomic E-state index is 0.616. The molecule has 1 fully saturated rings. The van der Waals surface area contributed by atoms with E-state index in [4.69, 9.17) is 0 Å². The van der Waals surface area contributed by atoms with Crippen molar-refractivity contribution < 1.29 is 0 Å². The van der Waals surface area contributed by atoms with Crippen molar-refractivity contribution in [1.29, 1.82) is 0 Å². The molecule has 0 aromatic carbocycles. The molecular formula is C10H18N4. The van der Waals surface area contributed by atoms with Gasteiger partial charge in [0.2, 0.25) is 0 Å². The molecule has 2 rings (SSSR count). The summed E-state index contributed by atoms with van der Waals surface area (Å²) in [4.78, 5) is 0. The van der Waals surface area contributed by atoms with E-state index in [1.54, 1.807) is 0 Å². The summed E-state index contributed by atoms with van der Waals surface area (Å²) in [5.41, 5.74) is 0. The smallest absolute Gasteiger partial charge is 0.148 e. The average molecular weight is 194 g/mol. The first-order valence-electron chi connectivity index (χ1n) is 5.31. The van der Waals surface area contributed by atoms with Gasteiger partial charge in [0.15, 0.2) is 0 Å². The highest BCUT2D eigenvalue weighted by atomic mass is 15.3. The topological polar surface area (TPSA) is 41.9 Å². The minimum atomic E-state index is 0.616. The summed E-state index contributed by atoms with van der Waals surface area (Å²) in [6.45, 7) is 2.14. The van der Waals surface area contributed by atoms with E-state index in [0.717, 1.165) is 18.9 Å². The second-order valence-electron chi connectivity index (χ2n) is 3.90. The lowest BCUT2D eigenvalue weighted by Gasteiger charge is -2.23. The van der Waals surface area contributed by atoms with Gasteiger partial charge in [-0.1, -0.05) is 6.42 Å². The standard InChI is InChI=1S/C10H18N4/c1-14-7-5-10(13-14)12-8-9-4-2-3-6-11-9/h5,7,9,11H,2-4,6,8H2,1H3,(H,12,13)/t9-/m0/s1. The largest absolute Gasteiger partial charge is 0.367 e. The van der Waals surface area contributed by atoms with Crippen LogP contribution in [0.25, 0.3) is 0 Å². The molecule has 1 aromatic heterocycles. The Kier molecular flexibility index (Phi) is 3.03. The summed E-state index contributed by atoms with van der Waals surface area (Å²) in [6.07, 6.45) is 5.90. The number of rotatable bonds is 3. The molecule has 0 saturated carbocycles. The predicted molar refractivity (Wildman–Crippen MR) is 57.3 cm³/mol. The lowest BCUT2D eigenvalue weighted by atomic mass is 10.1. The van der Waals surface area contributed by atoms with Crippen molar-refractivity contribution in [1.82, 2.24) is 15.1 Å². The van der Waals surface area contributed by atoms with Crippen LogP contribution in [0.5, 0.6) is 0 Å². The van der Waals surface area contributed by atoms with Crippen molar-refractivity contribution in [2.45, 2.75) is 25.3 Å². The zero-order chi connectivity index (χ0) is 9.80. The number of nitrogens with one attached hydrogen (secondary N) is 2. The van der Waals surface area contributed by atoms with E-state index in [1.165, 1.54) is 19.3 Å². The fourth-order valence-electron chi connectivity index (χ4n) is 1.84. The van der Waals surface area contributed by atoms with Gasteiger partial charge >= 0.3 is 0 Å². The van der Waals surface area contributed by atoms with Gasteiger partial charge in [0.05, 0.1) is 0 Å². The van der Waals surface area contributed by atoms with Gasteiger partial charge < -0.3 is 10.6 Å². The Hall–Kier alpha value is -1.03. The third-order valence-corrected chi connectivity index (χ3v) is 2.66. The highest BCUT2D eigenvalue weighted by Gasteiger charge is 2.11. The Balaban J connectivity index is 1.76. The third-order valence-electron chi connectivity index (χ3n) is 2.66. The number of hydrogen-bond acceptors (Lipinski definition) is 3. The van der Waals surface area contributed by atoms with Crippen molar-refractivity contribution in [3.05, 3.63) is 12.3 Å². The molecule has 0 aliphatic carbocycles. The zero-order valence-electron chi connectivity index (χ0n) is 8.66. The lowest BCUT2D eigenvalue weighted by molar-refractivity contribution is 0.414. The Morgan fingerprint density at radius 2 is 2.57 bits per heavy atom. The van der Waals surface area contributed by atoms with Gasteiger partial charge in [0.25, 0.3) is 0 Å². The van der Waals surface area contributed by atoms with E-state index in [0.29, 0.717) is 6.04 Å². The molecule has 2 heterocycles. The average Bonchev–Trinajstić information content (AvgIpc) is 2.63. The van der Waals surface area contributed by atoms with Crippen LogP contribution >= 0.6 is 0 Å². The molecule has 78 valence electrons. The molecule has 1 aliphatic heterocycles. The van der Waals surface area contributed by atoms with Crippen LogP contribution in [-0.2, 0) is 7.05 Å². The number of nitrogens with zero attached hydrogens (tertiary/aromatic N) is 2. The molecule has 1 aromatic rings. The van der Waals surface area contributed by atoms with Crippen molar-refractivity contribution >= 4 is 5.82 Å². The number of anilines is 1. The summed E-state index contributed by atoms with van der Waals surface area (Å²) in [7, 11) is 1.93. The molecule has 1 aliphatic rings. The number of hydrogen-bond donors (Lipinski definition) is 2. The third kappa shape index (κ3) is 2.48. The molecule has 14 heavy (non-hydrogen) atoms. The Morgan fingerprint density at radius 3 is 3.21 bits per heavy atom. The first-order valence-corrected chi connectivity index (χ1v) is 5.31. The van der Waals surface area contributed by atoms with Gasteiger partial charge in [-0.05, 0) is 19.4 Å². The Labute approximate surface area is 84.7 Å². The Bertz CT molecular complexity index is 275. The molecule has 0 bridgehead atoms. The molecule has 0 radical (unpaired) electrons. The maximum atomic E-state index is 4.27. The fraction of sp³-hybridized carbons (Fsp3) is 0.700. The quantitative estimate of drug-likeness (QED) is 0.753. The van der Waals surface area contributed by atoms with Crippen LogP contribution in [0.3, 0.4) is 0 Å². The number of piperidine rings is 1. The van der Waals surface area contributed by atoms with E-state index < -0.39 is 0 Å². The van der Waals surface area contributed by atoms with Crippen LogP contribution in [0, 0.1) is 0 Å². The van der Waals surface area contributed by atoms with Gasteiger partial charge in [-0.15, -0.1) is 0 Å². The van der Waals surface area contributed by atoms with E-state index >= 15 is 0 Å². The van der Waals surface area contributed by atoms with Gasteiger partial charge in [-0.2, -0.15) is 5.10 Å². The number of aromatic nitrogens is 2. The van der Waals surface area contributed by atoms with Crippen molar-refractivity contribution in [3.8, 4) is 0 Å². The number of aryl methyl sites for hydroxylation is 1. The van der Waals surface area contributed by atoms with Crippen LogP contribution in [0.1, 0.15) is 19.3 Å². The van der Waals surface area contributed by atoms with Crippen molar-refractivity contribution in [2.24, 2.45) is 7.05 Å². The maximum Gasteiger partial charge on any atom is 0.148 e. The summed E-state index contributed by atoms with van der Waals surface area (Å²) in [6, 6.07) is 2.62. The molecular weight excluding hydrogens is 176 g/mol. The lowest BCUT2D eigenvalue weighted by Crippen LogP contribution is -2.39. The second kappa shape index (κ2) is 4.46. The Morgan fingerprint density at radius 1 is 1.64 bits per heavy atom. The molecule has 2 N–H and O–H groups in total. The zero-order valence-corrected chi connectivity index (χ0v) is 8.66. The van der Waals surface area contributed by atoms with E-state index in [1.807, 2.05) is 24.0 Å². The van der Waals surface area contributed by atoms with Crippen LogP contribution in [-0.4, -0.2) is 28.9 Å². The van der Waals surface area contributed by atoms with Gasteiger partial charge in [0.1, 0.15) is 5.82 Å². The SMILES string of the molecule is Cn1ccc(NC[C@@H]2CCCCN2)n1. The van der Waals surface area contributed by atoms with Crippen LogP contribution < -0.4 is 10.6 Å². The molecule has 0 unspecified atom stereocenters. The summed E-state index contributed by atoms with van der Waals surface area (Å²) >= 11 is 0. The monoisotopic (exact) mass is 194 g/mol. The minimum Gasteiger partial charge on any atom is -0.367 e. The molecule has 4 heteroatoms. The first kappa shape index (κ1) is 9.52. The highest BCUT2D eigenvalue weighted by Crippen LogP contribution is 2.08. The van der Waals surface area contributed by atoms with Crippen molar-refractivity contribution in [2.75, 3.05) is 18.4 Å². The molecule has 1 saturated heterocycles. The molecule has 0 spiro atoms. The summed E-state index contributed by atoms with van der Waals surface area (Å²) < 4.78 is 1.82. The molecule has 0 amide bonds. The van der Waals surface area contributed by atoms with Crippen LogP contribution in [0.4, 0.5) is 5.82 Å². The van der Waals surface area contributed by atoms with E-state index in [-0.39, 0.29) is 0 Å². The van der Waals surface area contributed by atoms with Gasteiger partial charge in [-0.25, -0.2) is 0 Å². The summed E-state index contributed by atoms with van der Waals surface area (Å²) in [5.74, 6) is 0.972. The first-order chi connectivity index (χ1) is 6.84. The van der Waals surface area contributed by atoms with Crippen molar-refractivity contribution in [3.63, 3.8) is 0 Å². The van der Waals surface area contributed by atoms with Crippen LogP contribution in [0.15, 0.2) is 12.3 Å². The highest BCUT2D eigenvalue weighted by molar-refractivity contribution is 5.32. The second-order valence-corrected chi connectivity index (χ2v) is 3.90. The van der Waals surface area contributed by atoms with E-state index in [9.17, 15) is 0 Å². The summed E-state index contributed by atoms with van der Waals surface area (Å²) in [5, 5.41) is 11.1. The van der Waals surface area contributed by atoms with Gasteiger partial charge in [-0.3, -0.25) is 4.68 Å². The molecule has 4 nitrogen and oxygen atoms in total. The van der Waals surface area contributed by atoms with E-state index in [2.05, 4.69) is 15.7 Å². The predicted octanol–water partition coefficient (Wildman–Crippen LogP) is 0.974. The molecule has 1 atom stereocenters. The van der Waals surface area contributed by atoms with Gasteiger partial charge in [0, 0.05) is 31.9 Å². The normalized spacial score (nSPS) is 22.2.